The number of aliphatic hydroxyl groups excluding tert-OH is 1. The Morgan fingerprint density at radius 2 is 1.44 bits per heavy atom. The largest absolute Gasteiger partial charge is 0.448 e. The molecule has 11 aliphatic carbocycles. The van der Waals surface area contributed by atoms with Crippen molar-refractivity contribution in [2.45, 2.75) is 148 Å². The molecule has 1 saturated heterocycles. The molecule has 318 valence electrons. The number of ether oxygens (including phenoxy) is 1. The number of benzene rings is 1. The first-order chi connectivity index (χ1) is 27.7. The van der Waals surface area contributed by atoms with Gasteiger partial charge in [-0.2, -0.15) is 0 Å². The number of allylic oxidation sites excluding steroid dienone is 4. The van der Waals surface area contributed by atoms with Crippen LogP contribution in [-0.2, 0) is 14.3 Å². The highest BCUT2D eigenvalue weighted by atomic mass is 19.2. The molecule has 10 atom stereocenters. The summed E-state index contributed by atoms with van der Waals surface area (Å²) in [5, 5.41) is 24.7. The van der Waals surface area contributed by atoms with Crippen molar-refractivity contribution in [2.75, 3.05) is 13.1 Å². The second-order valence-electron chi connectivity index (χ2n) is 23.5. The highest BCUT2D eigenvalue weighted by Crippen LogP contribution is 2.79. The van der Waals surface area contributed by atoms with Crippen LogP contribution in [0.25, 0.3) is 0 Å². The van der Waals surface area contributed by atoms with Gasteiger partial charge in [-0.15, -0.1) is 0 Å². The molecule has 12 aliphatic rings. The fourth-order valence-corrected chi connectivity index (χ4v) is 17.8. The lowest BCUT2D eigenvalue weighted by Crippen LogP contribution is -2.68. The summed E-state index contributed by atoms with van der Waals surface area (Å²) in [6.45, 7) is 11.2. The lowest BCUT2D eigenvalue weighted by atomic mass is 9.32. The van der Waals surface area contributed by atoms with Crippen molar-refractivity contribution >= 4 is 17.7 Å². The average molecular weight is 812 g/mol. The Balaban J connectivity index is 1.00. The molecule has 0 aromatic heterocycles. The molecule has 1 unspecified atom stereocenters. The van der Waals surface area contributed by atoms with Crippen molar-refractivity contribution < 1.29 is 38.1 Å². The van der Waals surface area contributed by atoms with Gasteiger partial charge in [0.2, 0.25) is 0 Å². The van der Waals surface area contributed by atoms with Gasteiger partial charge in [0.25, 0.3) is 5.91 Å². The van der Waals surface area contributed by atoms with Crippen molar-refractivity contribution in [2.24, 2.45) is 67.5 Å². The zero-order valence-electron chi connectivity index (χ0n) is 35.7. The first-order valence-electron chi connectivity index (χ1n) is 23.1. The molecule has 0 radical (unpaired) electrons. The third kappa shape index (κ3) is 4.58. The van der Waals surface area contributed by atoms with E-state index in [-0.39, 0.29) is 52.4 Å². The molecule has 1 aromatic carbocycles. The summed E-state index contributed by atoms with van der Waals surface area (Å²) >= 11 is 0. The second kappa shape index (κ2) is 11.8. The molecule has 2 N–H and O–H groups in total. The number of esters is 1. The van der Waals surface area contributed by atoms with Crippen LogP contribution in [0.2, 0.25) is 0 Å². The van der Waals surface area contributed by atoms with Gasteiger partial charge >= 0.3 is 5.97 Å². The van der Waals surface area contributed by atoms with Gasteiger partial charge in [-0.25, -0.2) is 8.78 Å². The number of ketones is 1. The van der Waals surface area contributed by atoms with E-state index in [0.717, 1.165) is 44.2 Å². The van der Waals surface area contributed by atoms with Crippen molar-refractivity contribution in [3.05, 3.63) is 59.2 Å². The molecule has 1 amide bonds. The number of fused-ring (bicyclic) bond motifs is 3. The summed E-state index contributed by atoms with van der Waals surface area (Å²) in [5.41, 5.74) is -5.75. The lowest BCUT2D eigenvalue weighted by Gasteiger charge is -2.71. The summed E-state index contributed by atoms with van der Waals surface area (Å²) in [4.78, 5) is 46.2. The lowest BCUT2D eigenvalue weighted by molar-refractivity contribution is -0.191. The number of carbonyl (C=O) groups is 3. The Morgan fingerprint density at radius 3 is 2.07 bits per heavy atom. The standard InChI is InChI=1S/C50H63F2NO6/c1-42(2)45(5)14-17-50(42,59-41(45)57)40(56)53(27-46-22-29-18-30(23-46)20-31(19-29)24-46)28-48(58)13-10-38-44(48,4)12-9-37-43(3)11-8-33(54)25-47(43)15-16-49(37,38)34(26-47)39(55)32-6-7-35(51)36(52)21-32/h6-7,15-16,21,26,29-31,33,37-38,54,58H,8-14,17-20,22-25,27-28H2,1-5H3/t29?,30?,31?,33?,37-,38-,43-,44+,45+,46?,47+,48-,49-,50-/m1/s1. The van der Waals surface area contributed by atoms with Gasteiger partial charge in [-0.1, -0.05) is 45.9 Å². The molecule has 1 aliphatic heterocycles. The highest BCUT2D eigenvalue weighted by molar-refractivity contribution is 6.10. The van der Waals surface area contributed by atoms with E-state index in [1.54, 1.807) is 0 Å². The zero-order chi connectivity index (χ0) is 41.6. The first kappa shape index (κ1) is 39.0. The summed E-state index contributed by atoms with van der Waals surface area (Å²) in [7, 11) is 0. The molecular formula is C50H63F2NO6. The van der Waals surface area contributed by atoms with Gasteiger partial charge in [-0.05, 0) is 162 Å². The Bertz CT molecular complexity index is 2110. The van der Waals surface area contributed by atoms with Gasteiger partial charge in [-0.3, -0.25) is 14.4 Å². The number of Topliss-reactive ketones (excluding diaryl/α,β-unsaturated/α-hetero) is 1. The van der Waals surface area contributed by atoms with E-state index < -0.39 is 56.0 Å². The average Bonchev–Trinajstić information content (AvgIpc) is 3.62. The number of hydrogen-bond acceptors (Lipinski definition) is 6. The van der Waals surface area contributed by atoms with E-state index in [1.165, 1.54) is 25.3 Å². The topological polar surface area (TPSA) is 104 Å². The molecule has 13 rings (SSSR count). The van der Waals surface area contributed by atoms with E-state index in [2.05, 4.69) is 32.1 Å². The third-order valence-corrected chi connectivity index (χ3v) is 21.0. The van der Waals surface area contributed by atoms with Gasteiger partial charge in [0.05, 0.1) is 23.7 Å². The van der Waals surface area contributed by atoms with Crippen molar-refractivity contribution in [1.29, 1.82) is 0 Å². The van der Waals surface area contributed by atoms with Gasteiger partial charge < -0.3 is 19.8 Å². The highest BCUT2D eigenvalue weighted by Gasteiger charge is 2.78. The Hall–Kier alpha value is -2.91. The Morgan fingerprint density at radius 1 is 0.797 bits per heavy atom. The van der Waals surface area contributed by atoms with E-state index >= 15 is 4.79 Å². The van der Waals surface area contributed by atoms with Crippen LogP contribution in [0, 0.1) is 79.1 Å². The van der Waals surface area contributed by atoms with Crippen molar-refractivity contribution in [1.82, 2.24) is 4.90 Å². The Kier molecular flexibility index (Phi) is 7.77. The number of nitrogens with zero attached hydrogens (tertiary/aromatic N) is 1. The van der Waals surface area contributed by atoms with Crippen LogP contribution in [0.4, 0.5) is 8.78 Å². The minimum atomic E-state index is -1.31. The maximum Gasteiger partial charge on any atom is 0.313 e. The van der Waals surface area contributed by atoms with Crippen molar-refractivity contribution in [3.8, 4) is 0 Å². The van der Waals surface area contributed by atoms with Crippen LogP contribution in [-0.4, -0.2) is 63.2 Å². The van der Waals surface area contributed by atoms with Gasteiger partial charge in [0.15, 0.2) is 23.0 Å². The van der Waals surface area contributed by atoms with Crippen molar-refractivity contribution in [3.63, 3.8) is 0 Å². The van der Waals surface area contributed by atoms with Crippen LogP contribution >= 0.6 is 0 Å². The third-order valence-electron chi connectivity index (χ3n) is 21.0. The van der Waals surface area contributed by atoms with E-state index in [1.807, 2.05) is 25.7 Å². The molecule has 9 heteroatoms. The monoisotopic (exact) mass is 811 g/mol. The first-order valence-corrected chi connectivity index (χ1v) is 23.1. The summed E-state index contributed by atoms with van der Waals surface area (Å²) in [5.74, 6) is -0.973. The summed E-state index contributed by atoms with van der Waals surface area (Å²) in [6, 6.07) is 3.40. The normalized spacial score (nSPS) is 50.3. The molecule has 8 saturated carbocycles. The van der Waals surface area contributed by atoms with Crippen LogP contribution in [0.15, 0.2) is 42.0 Å². The minimum Gasteiger partial charge on any atom is -0.448 e. The molecule has 8 bridgehead atoms. The molecule has 59 heavy (non-hydrogen) atoms. The summed E-state index contributed by atoms with van der Waals surface area (Å²) in [6.07, 6.45) is 18.7. The SMILES string of the molecule is CC1(C)[C@@]2(C)CC[C@]1(C(=O)N(CC13CC4CC(CC(C4)C1)C3)C[C@]1(O)CC[C@H]3[C@]45C=C[C@@]6(C=C4C(=O)c4ccc(F)c(F)c4)CC(O)CC[C@]6(C)[C@H]5CC[C@@]31C)OC2=O. The number of amides is 1. The predicted molar refractivity (Wildman–Crippen MR) is 216 cm³/mol. The molecule has 2 spiro atoms. The number of rotatable bonds is 7. The van der Waals surface area contributed by atoms with E-state index in [0.29, 0.717) is 74.8 Å². The minimum absolute atomic E-state index is 0.0208. The van der Waals surface area contributed by atoms with E-state index in [4.69, 9.17) is 4.74 Å². The molecule has 9 fully saturated rings. The van der Waals surface area contributed by atoms with Crippen LogP contribution in [0.1, 0.15) is 141 Å². The smallest absolute Gasteiger partial charge is 0.313 e. The number of aliphatic hydroxyl groups is 2. The summed E-state index contributed by atoms with van der Waals surface area (Å²) < 4.78 is 35.4. The van der Waals surface area contributed by atoms with Crippen LogP contribution < -0.4 is 0 Å². The fraction of sp³-hybridized carbons (Fsp3) is 0.740. The molecule has 1 aromatic rings. The molecular weight excluding hydrogens is 749 g/mol. The number of carbonyl (C=O) groups excluding carboxylic acids is 3. The van der Waals surface area contributed by atoms with Gasteiger partial charge in [0.1, 0.15) is 0 Å². The van der Waals surface area contributed by atoms with E-state index in [9.17, 15) is 28.6 Å². The number of hydrogen-bond donors (Lipinski definition) is 2. The van der Waals surface area contributed by atoms with Gasteiger partial charge in [0, 0.05) is 39.3 Å². The molecule has 1 heterocycles. The van der Waals surface area contributed by atoms with Crippen LogP contribution in [0.5, 0.6) is 0 Å². The molecule has 7 nitrogen and oxygen atoms in total. The fourth-order valence-electron chi connectivity index (χ4n) is 17.8. The maximum atomic E-state index is 15.7. The van der Waals surface area contributed by atoms with Crippen LogP contribution in [0.3, 0.4) is 0 Å². The number of halogens is 2. The second-order valence-corrected chi connectivity index (χ2v) is 23.5. The Labute approximate surface area is 347 Å². The quantitative estimate of drug-likeness (QED) is 0.162. The maximum absolute atomic E-state index is 15.7. The predicted octanol–water partition coefficient (Wildman–Crippen LogP) is 8.91. The zero-order valence-corrected chi connectivity index (χ0v) is 35.7.